The Morgan fingerprint density at radius 3 is 2.33 bits per heavy atom. The quantitative estimate of drug-likeness (QED) is 0.844. The minimum atomic E-state index is -0.663. The van der Waals surface area contributed by atoms with Gasteiger partial charge in [0.05, 0.1) is 11.5 Å². The first kappa shape index (κ1) is 19.8. The summed E-state index contributed by atoms with van der Waals surface area (Å²) in [6.07, 6.45) is 1.23. The second kappa shape index (κ2) is 8.29. The van der Waals surface area contributed by atoms with E-state index in [1.807, 2.05) is 13.8 Å². The maximum absolute atomic E-state index is 13.7. The summed E-state index contributed by atoms with van der Waals surface area (Å²) >= 11 is 0. The van der Waals surface area contributed by atoms with E-state index in [0.717, 1.165) is 6.07 Å². The van der Waals surface area contributed by atoms with Gasteiger partial charge in [0, 0.05) is 18.2 Å². The summed E-state index contributed by atoms with van der Waals surface area (Å²) in [7, 11) is 0. The zero-order chi connectivity index (χ0) is 15.3. The van der Waals surface area contributed by atoms with Gasteiger partial charge in [0.1, 0.15) is 11.6 Å². The molecule has 0 bridgehead atoms. The Balaban J connectivity index is 0.00000400. The number of benzene rings is 1. The van der Waals surface area contributed by atoms with E-state index in [-0.39, 0.29) is 30.4 Å². The number of halogens is 3. The molecule has 1 aromatic rings. The number of hydrogen-bond donors (Lipinski definition) is 2. The molecule has 1 rings (SSSR count). The van der Waals surface area contributed by atoms with E-state index in [0.29, 0.717) is 12.8 Å². The standard InChI is InChI=1S/C15H22F2N2O.ClH/c1-4-15(5-2,9-18)14(20)19-10(3)12-7-6-11(16)8-13(12)17;/h6-8,10H,4-5,9,18H2,1-3H3,(H,19,20);1H/t10-;/m1./s1. The largest absolute Gasteiger partial charge is 0.349 e. The summed E-state index contributed by atoms with van der Waals surface area (Å²) in [5.74, 6) is -1.49. The van der Waals surface area contributed by atoms with Crippen LogP contribution in [0.25, 0.3) is 0 Å². The van der Waals surface area contributed by atoms with Crippen LogP contribution in [-0.2, 0) is 4.79 Å². The third kappa shape index (κ3) is 4.38. The minimum Gasteiger partial charge on any atom is -0.349 e. The summed E-state index contributed by atoms with van der Waals surface area (Å²) in [6, 6.07) is 2.80. The van der Waals surface area contributed by atoms with Crippen LogP contribution in [0.3, 0.4) is 0 Å². The zero-order valence-corrected chi connectivity index (χ0v) is 13.4. The predicted octanol–water partition coefficient (Wildman–Crippen LogP) is 3.33. The average molecular weight is 321 g/mol. The topological polar surface area (TPSA) is 55.1 Å². The number of hydrogen-bond acceptors (Lipinski definition) is 2. The average Bonchev–Trinajstić information content (AvgIpc) is 2.41. The first-order valence-electron chi connectivity index (χ1n) is 6.86. The van der Waals surface area contributed by atoms with Crippen LogP contribution in [0, 0.1) is 17.0 Å². The third-order valence-corrected chi connectivity index (χ3v) is 4.00. The maximum atomic E-state index is 13.7. The van der Waals surface area contributed by atoms with E-state index in [1.54, 1.807) is 6.92 Å². The molecular formula is C15H23ClF2N2O. The van der Waals surface area contributed by atoms with Crippen LogP contribution in [0.1, 0.15) is 45.2 Å². The van der Waals surface area contributed by atoms with Crippen LogP contribution in [-0.4, -0.2) is 12.5 Å². The molecule has 0 aromatic heterocycles. The van der Waals surface area contributed by atoms with Gasteiger partial charge >= 0.3 is 0 Å². The maximum Gasteiger partial charge on any atom is 0.227 e. The van der Waals surface area contributed by atoms with E-state index in [4.69, 9.17) is 5.73 Å². The molecule has 120 valence electrons. The molecular weight excluding hydrogens is 298 g/mol. The van der Waals surface area contributed by atoms with Gasteiger partial charge in [0.15, 0.2) is 0 Å². The van der Waals surface area contributed by atoms with Gasteiger partial charge in [-0.15, -0.1) is 12.4 Å². The van der Waals surface area contributed by atoms with Crippen molar-refractivity contribution in [2.45, 2.75) is 39.7 Å². The predicted molar refractivity (Wildman–Crippen MR) is 82.2 cm³/mol. The lowest BCUT2D eigenvalue weighted by atomic mass is 9.81. The fourth-order valence-corrected chi connectivity index (χ4v) is 2.23. The van der Waals surface area contributed by atoms with Crippen molar-refractivity contribution in [3.05, 3.63) is 35.4 Å². The van der Waals surface area contributed by atoms with Crippen LogP contribution >= 0.6 is 12.4 Å². The molecule has 0 heterocycles. The van der Waals surface area contributed by atoms with Crippen molar-refractivity contribution in [2.75, 3.05) is 6.54 Å². The second-order valence-electron chi connectivity index (χ2n) is 5.05. The Hall–Kier alpha value is -1.20. The lowest BCUT2D eigenvalue weighted by Crippen LogP contribution is -2.46. The fourth-order valence-electron chi connectivity index (χ4n) is 2.23. The van der Waals surface area contributed by atoms with Crippen molar-refractivity contribution in [3.63, 3.8) is 0 Å². The highest BCUT2D eigenvalue weighted by Gasteiger charge is 2.34. The first-order valence-corrected chi connectivity index (χ1v) is 6.86. The molecule has 21 heavy (non-hydrogen) atoms. The van der Waals surface area contributed by atoms with Gasteiger partial charge in [0.25, 0.3) is 0 Å². The van der Waals surface area contributed by atoms with E-state index >= 15 is 0 Å². The second-order valence-corrected chi connectivity index (χ2v) is 5.05. The lowest BCUT2D eigenvalue weighted by Gasteiger charge is -2.30. The number of rotatable bonds is 6. The summed E-state index contributed by atoms with van der Waals surface area (Å²) < 4.78 is 26.6. The highest BCUT2D eigenvalue weighted by atomic mass is 35.5. The highest BCUT2D eigenvalue weighted by molar-refractivity contribution is 5.85. The minimum absolute atomic E-state index is 0. The van der Waals surface area contributed by atoms with Crippen molar-refractivity contribution < 1.29 is 13.6 Å². The van der Waals surface area contributed by atoms with Crippen LogP contribution in [0.5, 0.6) is 0 Å². The van der Waals surface area contributed by atoms with Gasteiger partial charge in [-0.3, -0.25) is 4.79 Å². The molecule has 1 amide bonds. The molecule has 0 saturated heterocycles. The van der Waals surface area contributed by atoms with Gasteiger partial charge in [-0.2, -0.15) is 0 Å². The van der Waals surface area contributed by atoms with Crippen molar-refractivity contribution in [3.8, 4) is 0 Å². The fraction of sp³-hybridized carbons (Fsp3) is 0.533. The van der Waals surface area contributed by atoms with Gasteiger partial charge in [-0.05, 0) is 25.8 Å². The van der Waals surface area contributed by atoms with Crippen molar-refractivity contribution >= 4 is 18.3 Å². The normalized spacial score (nSPS) is 12.5. The molecule has 1 aromatic carbocycles. The lowest BCUT2D eigenvalue weighted by molar-refractivity contribution is -0.131. The van der Waals surface area contributed by atoms with Gasteiger partial charge in [-0.25, -0.2) is 8.78 Å². The molecule has 0 radical (unpaired) electrons. The van der Waals surface area contributed by atoms with Crippen LogP contribution in [0.4, 0.5) is 8.78 Å². The monoisotopic (exact) mass is 320 g/mol. The van der Waals surface area contributed by atoms with Crippen molar-refractivity contribution in [1.82, 2.24) is 5.32 Å². The van der Waals surface area contributed by atoms with Crippen LogP contribution in [0.2, 0.25) is 0 Å². The zero-order valence-electron chi connectivity index (χ0n) is 12.6. The van der Waals surface area contributed by atoms with E-state index < -0.39 is 23.1 Å². The third-order valence-electron chi connectivity index (χ3n) is 4.00. The smallest absolute Gasteiger partial charge is 0.227 e. The van der Waals surface area contributed by atoms with E-state index in [1.165, 1.54) is 12.1 Å². The van der Waals surface area contributed by atoms with Gasteiger partial charge in [0.2, 0.25) is 5.91 Å². The molecule has 0 fully saturated rings. The molecule has 1 atom stereocenters. The number of nitrogens with two attached hydrogens (primary N) is 1. The summed E-state index contributed by atoms with van der Waals surface area (Å²) in [6.45, 7) is 5.71. The molecule has 0 spiro atoms. The molecule has 3 N–H and O–H groups in total. The molecule has 0 aliphatic heterocycles. The Labute approximate surface area is 130 Å². The summed E-state index contributed by atoms with van der Waals surface area (Å²) in [5.41, 5.74) is 5.34. The highest BCUT2D eigenvalue weighted by Crippen LogP contribution is 2.27. The number of carbonyl (C=O) groups is 1. The molecule has 0 saturated carbocycles. The Morgan fingerprint density at radius 2 is 1.90 bits per heavy atom. The molecule has 3 nitrogen and oxygen atoms in total. The molecule has 0 unspecified atom stereocenters. The van der Waals surface area contributed by atoms with Crippen molar-refractivity contribution in [1.29, 1.82) is 0 Å². The van der Waals surface area contributed by atoms with Crippen LogP contribution in [0.15, 0.2) is 18.2 Å². The first-order chi connectivity index (χ1) is 9.40. The van der Waals surface area contributed by atoms with Crippen molar-refractivity contribution in [2.24, 2.45) is 11.1 Å². The summed E-state index contributed by atoms with van der Waals surface area (Å²) in [4.78, 5) is 12.3. The van der Waals surface area contributed by atoms with Gasteiger partial charge < -0.3 is 11.1 Å². The Bertz CT molecular complexity index is 470. The summed E-state index contributed by atoms with van der Waals surface area (Å²) in [5, 5.41) is 2.77. The SMILES string of the molecule is CCC(CC)(CN)C(=O)N[C@H](C)c1ccc(F)cc1F.Cl. The Morgan fingerprint density at radius 1 is 1.33 bits per heavy atom. The van der Waals surface area contributed by atoms with Crippen LogP contribution < -0.4 is 11.1 Å². The Kier molecular flexibility index (Phi) is 7.82. The molecule has 0 aliphatic carbocycles. The number of nitrogens with one attached hydrogen (secondary N) is 1. The number of carbonyl (C=O) groups excluding carboxylic acids is 1. The van der Waals surface area contributed by atoms with E-state index in [2.05, 4.69) is 5.32 Å². The van der Waals surface area contributed by atoms with E-state index in [9.17, 15) is 13.6 Å². The van der Waals surface area contributed by atoms with Gasteiger partial charge in [-0.1, -0.05) is 19.9 Å². The molecule has 6 heteroatoms. The molecule has 0 aliphatic rings. The number of amides is 1.